The van der Waals surface area contributed by atoms with Crippen LogP contribution < -0.4 is 10.6 Å². The summed E-state index contributed by atoms with van der Waals surface area (Å²) in [4.78, 5) is 26.2. The molecule has 108 valence electrons. The molecule has 20 heavy (non-hydrogen) atoms. The minimum atomic E-state index is -0.851. The molecule has 0 unspecified atom stereocenters. The van der Waals surface area contributed by atoms with Crippen LogP contribution in [0.3, 0.4) is 0 Å². The number of benzene rings is 1. The lowest BCUT2D eigenvalue weighted by Crippen LogP contribution is -2.36. The zero-order chi connectivity index (χ0) is 15.0. The molecule has 1 rings (SSSR count). The predicted molar refractivity (Wildman–Crippen MR) is 75.1 cm³/mol. The maximum Gasteiger partial charge on any atom is 0.438 e. The van der Waals surface area contributed by atoms with Crippen LogP contribution in [0.15, 0.2) is 29.3 Å². The summed E-state index contributed by atoms with van der Waals surface area (Å²) in [5.41, 5.74) is 0.526. The number of aliphatic imine (C=N–C) groups is 1. The summed E-state index contributed by atoms with van der Waals surface area (Å²) in [5.74, 6) is 0. The average molecular weight is 300 g/mol. The van der Waals surface area contributed by atoms with Gasteiger partial charge in [0.2, 0.25) is 0 Å². The van der Waals surface area contributed by atoms with Gasteiger partial charge in [-0.25, -0.2) is 9.59 Å². The van der Waals surface area contributed by atoms with E-state index in [2.05, 4.69) is 20.4 Å². The van der Waals surface area contributed by atoms with Gasteiger partial charge in [0, 0.05) is 10.7 Å². The lowest BCUT2D eigenvalue weighted by Gasteiger charge is -2.08. The molecular formula is C12H14ClN3O4. The average Bonchev–Trinajstić information content (AvgIpc) is 2.41. The van der Waals surface area contributed by atoms with Crippen LogP contribution >= 0.6 is 11.6 Å². The largest absolute Gasteiger partial charge is 0.468 e. The monoisotopic (exact) mass is 299 g/mol. The fourth-order valence-electron chi connectivity index (χ4n) is 1.16. The highest BCUT2D eigenvalue weighted by Crippen LogP contribution is 2.12. The number of methoxy groups -OCH3 is 1. The minimum Gasteiger partial charge on any atom is -0.468 e. The van der Waals surface area contributed by atoms with E-state index in [1.807, 2.05) is 0 Å². The van der Waals surface area contributed by atoms with Gasteiger partial charge in [-0.05, 0) is 31.2 Å². The second kappa shape index (κ2) is 8.00. The molecule has 1 aromatic carbocycles. The van der Waals surface area contributed by atoms with E-state index in [1.165, 1.54) is 7.11 Å². The molecular weight excluding hydrogens is 286 g/mol. The summed E-state index contributed by atoms with van der Waals surface area (Å²) in [6.45, 7) is 1.82. The van der Waals surface area contributed by atoms with Crippen molar-refractivity contribution in [3.63, 3.8) is 0 Å². The lowest BCUT2D eigenvalue weighted by atomic mass is 10.3. The molecule has 0 spiro atoms. The first-order valence-corrected chi connectivity index (χ1v) is 6.06. The number of urea groups is 1. The van der Waals surface area contributed by atoms with E-state index < -0.39 is 12.1 Å². The molecule has 0 aliphatic carbocycles. The molecule has 2 N–H and O–H groups in total. The number of carbonyl (C=O) groups is 2. The Hall–Kier alpha value is -2.28. The summed E-state index contributed by atoms with van der Waals surface area (Å²) in [7, 11) is 1.26. The molecule has 7 nitrogen and oxygen atoms in total. The quantitative estimate of drug-likeness (QED) is 0.649. The molecule has 0 aliphatic rings. The first-order valence-electron chi connectivity index (χ1n) is 5.68. The molecule has 0 bridgehead atoms. The number of rotatable bonds is 2. The third-order valence-corrected chi connectivity index (χ3v) is 2.23. The van der Waals surface area contributed by atoms with Crippen molar-refractivity contribution in [1.29, 1.82) is 0 Å². The highest BCUT2D eigenvalue weighted by molar-refractivity contribution is 6.30. The van der Waals surface area contributed by atoms with Crippen molar-refractivity contribution in [1.82, 2.24) is 5.32 Å². The van der Waals surface area contributed by atoms with E-state index in [-0.39, 0.29) is 12.6 Å². The van der Waals surface area contributed by atoms with Gasteiger partial charge in [-0.2, -0.15) is 0 Å². The number of ether oxygens (including phenoxy) is 2. The van der Waals surface area contributed by atoms with Crippen molar-refractivity contribution < 1.29 is 19.1 Å². The van der Waals surface area contributed by atoms with Crippen LogP contribution in [-0.2, 0) is 9.47 Å². The highest BCUT2D eigenvalue weighted by atomic mass is 35.5. The number of nitrogens with zero attached hydrogens (tertiary/aromatic N) is 1. The van der Waals surface area contributed by atoms with Crippen LogP contribution in [0.1, 0.15) is 6.92 Å². The normalized spacial score (nSPS) is 10.7. The lowest BCUT2D eigenvalue weighted by molar-refractivity contribution is 0.162. The smallest absolute Gasteiger partial charge is 0.438 e. The zero-order valence-corrected chi connectivity index (χ0v) is 11.7. The molecule has 0 radical (unpaired) electrons. The van der Waals surface area contributed by atoms with E-state index >= 15 is 0 Å². The number of nitrogens with one attached hydrogen (secondary N) is 2. The van der Waals surface area contributed by atoms with Gasteiger partial charge in [-0.3, -0.25) is 5.32 Å². The third kappa shape index (κ3) is 5.57. The Kier molecular flexibility index (Phi) is 6.31. The first kappa shape index (κ1) is 15.8. The topological polar surface area (TPSA) is 89.0 Å². The Morgan fingerprint density at radius 2 is 1.95 bits per heavy atom. The second-order valence-corrected chi connectivity index (χ2v) is 3.84. The van der Waals surface area contributed by atoms with Gasteiger partial charge in [0.25, 0.3) is 0 Å². The molecule has 0 saturated heterocycles. The van der Waals surface area contributed by atoms with Crippen LogP contribution in [0.5, 0.6) is 0 Å². The van der Waals surface area contributed by atoms with Crippen LogP contribution in [0.4, 0.5) is 15.3 Å². The molecule has 1 aromatic rings. The van der Waals surface area contributed by atoms with Crippen LogP contribution in [-0.4, -0.2) is 31.9 Å². The van der Waals surface area contributed by atoms with Gasteiger partial charge in [0.05, 0.1) is 13.7 Å². The van der Waals surface area contributed by atoms with Crippen molar-refractivity contribution in [3.05, 3.63) is 29.3 Å². The number of hydrogen-bond donors (Lipinski definition) is 2. The molecule has 0 aromatic heterocycles. The Balaban J connectivity index is 2.59. The minimum absolute atomic E-state index is 0.177. The third-order valence-electron chi connectivity index (χ3n) is 1.98. The van der Waals surface area contributed by atoms with E-state index in [9.17, 15) is 9.59 Å². The van der Waals surface area contributed by atoms with Crippen molar-refractivity contribution in [2.45, 2.75) is 6.92 Å². The van der Waals surface area contributed by atoms with E-state index in [4.69, 9.17) is 16.3 Å². The fourth-order valence-corrected chi connectivity index (χ4v) is 1.28. The first-order chi connectivity index (χ1) is 9.55. The number of carbonyl (C=O) groups excluding carboxylic acids is 2. The van der Waals surface area contributed by atoms with Gasteiger partial charge in [-0.15, -0.1) is 4.99 Å². The van der Waals surface area contributed by atoms with Crippen molar-refractivity contribution >= 4 is 35.4 Å². The van der Waals surface area contributed by atoms with Crippen molar-refractivity contribution in [3.8, 4) is 0 Å². The number of amidine groups is 1. The molecule has 0 saturated carbocycles. The number of anilines is 1. The van der Waals surface area contributed by atoms with Crippen LogP contribution in [0, 0.1) is 0 Å². The summed E-state index contributed by atoms with van der Waals surface area (Å²) < 4.78 is 9.35. The summed E-state index contributed by atoms with van der Waals surface area (Å²) >= 11 is 5.72. The second-order valence-electron chi connectivity index (χ2n) is 3.41. The fraction of sp³-hybridized carbons (Fsp3) is 0.250. The maximum atomic E-state index is 11.6. The van der Waals surface area contributed by atoms with Crippen molar-refractivity contribution in [2.24, 2.45) is 4.99 Å². The van der Waals surface area contributed by atoms with Gasteiger partial charge in [-0.1, -0.05) is 11.6 Å². The Morgan fingerprint density at radius 1 is 1.30 bits per heavy atom. The van der Waals surface area contributed by atoms with Crippen molar-refractivity contribution in [2.75, 3.05) is 19.0 Å². The summed E-state index contributed by atoms with van der Waals surface area (Å²) in [6, 6.07) is 5.61. The number of hydrogen-bond acceptors (Lipinski definition) is 4. The maximum absolute atomic E-state index is 11.6. The molecule has 0 aliphatic heterocycles. The predicted octanol–water partition coefficient (Wildman–Crippen LogP) is 2.62. The molecule has 3 amide bonds. The Labute approximate surface area is 120 Å². The number of halogens is 1. The Bertz CT molecular complexity index is 502. The van der Waals surface area contributed by atoms with Gasteiger partial charge < -0.3 is 14.8 Å². The SMILES string of the molecule is CCOC(=O)/N=C(/NC(=O)Nc1ccc(Cl)cc1)OC. The number of amides is 3. The van der Waals surface area contributed by atoms with Gasteiger partial charge >= 0.3 is 18.1 Å². The molecule has 0 fully saturated rings. The van der Waals surface area contributed by atoms with Gasteiger partial charge in [0.1, 0.15) is 0 Å². The molecule has 0 atom stereocenters. The molecule has 8 heteroatoms. The standard InChI is InChI=1S/C12H14ClN3O4/c1-3-20-12(18)16-11(19-2)15-10(17)14-9-6-4-8(13)5-7-9/h4-7H,3H2,1-2H3,(H2,14,15,16,17,18). The van der Waals surface area contributed by atoms with E-state index in [0.717, 1.165) is 0 Å². The van der Waals surface area contributed by atoms with Gasteiger partial charge in [0.15, 0.2) is 0 Å². The van der Waals surface area contributed by atoms with Crippen LogP contribution in [0.25, 0.3) is 0 Å². The molecule has 0 heterocycles. The summed E-state index contributed by atoms with van der Waals surface area (Å²) in [5, 5.41) is 5.33. The highest BCUT2D eigenvalue weighted by Gasteiger charge is 2.09. The Morgan fingerprint density at radius 3 is 2.50 bits per heavy atom. The van der Waals surface area contributed by atoms with Crippen LogP contribution in [0.2, 0.25) is 5.02 Å². The summed E-state index contributed by atoms with van der Waals surface area (Å²) in [6.07, 6.45) is -0.851. The zero-order valence-electron chi connectivity index (χ0n) is 11.0. The van der Waals surface area contributed by atoms with E-state index in [0.29, 0.717) is 10.7 Å². The van der Waals surface area contributed by atoms with E-state index in [1.54, 1.807) is 31.2 Å².